The number of carbonyl (C=O) groups is 1. The first-order chi connectivity index (χ1) is 7.31. The van der Waals surface area contributed by atoms with Gasteiger partial charge in [0.05, 0.1) is 5.52 Å². The number of rotatable bonds is 2. The second kappa shape index (κ2) is 2.89. The molecule has 0 unspecified atom stereocenters. The van der Waals surface area contributed by atoms with Gasteiger partial charge in [0, 0.05) is 6.04 Å². The molecule has 0 atom stereocenters. The molecule has 0 aliphatic heterocycles. The summed E-state index contributed by atoms with van der Waals surface area (Å²) in [7, 11) is 0. The third-order valence-corrected chi connectivity index (χ3v) is 2.72. The highest BCUT2D eigenvalue weighted by molar-refractivity contribution is 5.83. The number of aromatic nitrogens is 2. The van der Waals surface area contributed by atoms with Crippen molar-refractivity contribution in [2.45, 2.75) is 18.9 Å². The highest BCUT2D eigenvalue weighted by Crippen LogP contribution is 2.38. The Morgan fingerprint density at radius 3 is 2.93 bits per heavy atom. The van der Waals surface area contributed by atoms with Crippen molar-refractivity contribution in [2.24, 2.45) is 0 Å². The van der Waals surface area contributed by atoms with Crippen LogP contribution in [-0.4, -0.2) is 15.8 Å². The van der Waals surface area contributed by atoms with Crippen molar-refractivity contribution in [3.63, 3.8) is 0 Å². The molecule has 4 heteroatoms. The zero-order chi connectivity index (χ0) is 10.4. The van der Waals surface area contributed by atoms with Gasteiger partial charge in [-0.25, -0.2) is 9.37 Å². The maximum absolute atomic E-state index is 13.4. The Hall–Kier alpha value is -1.71. The molecule has 0 amide bonds. The molecule has 2 aromatic rings. The fourth-order valence-electron chi connectivity index (χ4n) is 1.90. The second-order valence-electron chi connectivity index (χ2n) is 3.80. The largest absolute Gasteiger partial charge is 0.319 e. The third kappa shape index (κ3) is 1.17. The van der Waals surface area contributed by atoms with E-state index in [2.05, 4.69) is 4.98 Å². The van der Waals surface area contributed by atoms with Gasteiger partial charge < -0.3 is 4.57 Å². The summed E-state index contributed by atoms with van der Waals surface area (Å²) < 4.78 is 15.2. The summed E-state index contributed by atoms with van der Waals surface area (Å²) in [6, 6.07) is 5.14. The van der Waals surface area contributed by atoms with E-state index in [1.807, 2.05) is 4.57 Å². The Bertz CT molecular complexity index is 543. The van der Waals surface area contributed by atoms with Crippen LogP contribution in [0.15, 0.2) is 18.2 Å². The van der Waals surface area contributed by atoms with Crippen LogP contribution in [0, 0.1) is 5.82 Å². The molecule has 0 radical (unpaired) electrons. The van der Waals surface area contributed by atoms with Gasteiger partial charge in [-0.3, -0.25) is 4.79 Å². The number of carbonyl (C=O) groups excluding carboxylic acids is 1. The van der Waals surface area contributed by atoms with Crippen LogP contribution in [0.4, 0.5) is 4.39 Å². The Morgan fingerprint density at radius 1 is 1.47 bits per heavy atom. The highest BCUT2D eigenvalue weighted by Gasteiger charge is 2.28. The molecule has 1 heterocycles. The molecule has 1 fully saturated rings. The van der Waals surface area contributed by atoms with Gasteiger partial charge in [-0.2, -0.15) is 0 Å². The van der Waals surface area contributed by atoms with Crippen LogP contribution in [0.3, 0.4) is 0 Å². The summed E-state index contributed by atoms with van der Waals surface area (Å²) in [6.45, 7) is 0. The first kappa shape index (κ1) is 8.59. The molecule has 1 aromatic heterocycles. The minimum atomic E-state index is -0.366. The highest BCUT2D eigenvalue weighted by atomic mass is 19.1. The average molecular weight is 204 g/mol. The van der Waals surface area contributed by atoms with Gasteiger partial charge in [0.25, 0.3) is 0 Å². The van der Waals surface area contributed by atoms with Crippen LogP contribution in [-0.2, 0) is 0 Å². The van der Waals surface area contributed by atoms with Crippen molar-refractivity contribution < 1.29 is 9.18 Å². The van der Waals surface area contributed by atoms with E-state index in [1.54, 1.807) is 12.1 Å². The smallest absolute Gasteiger partial charge is 0.185 e. The molecular weight excluding hydrogens is 195 g/mol. The molecule has 0 bridgehead atoms. The van der Waals surface area contributed by atoms with E-state index in [9.17, 15) is 9.18 Å². The number of benzene rings is 1. The standard InChI is InChI=1S/C11H9FN2O/c12-8-2-1-3-9-11(8)13-10(6-15)14(9)7-4-5-7/h1-3,6-7H,4-5H2. The van der Waals surface area contributed by atoms with Crippen LogP contribution in [0.2, 0.25) is 0 Å². The van der Waals surface area contributed by atoms with E-state index in [1.165, 1.54) is 6.07 Å². The lowest BCUT2D eigenvalue weighted by atomic mass is 10.3. The molecule has 3 nitrogen and oxygen atoms in total. The zero-order valence-corrected chi connectivity index (χ0v) is 7.98. The van der Waals surface area contributed by atoms with Crippen molar-refractivity contribution in [3.05, 3.63) is 29.8 Å². The van der Waals surface area contributed by atoms with Gasteiger partial charge in [0.1, 0.15) is 5.52 Å². The number of fused-ring (bicyclic) bond motifs is 1. The Morgan fingerprint density at radius 2 is 2.27 bits per heavy atom. The van der Waals surface area contributed by atoms with E-state index in [0.29, 0.717) is 23.7 Å². The number of hydrogen-bond donors (Lipinski definition) is 0. The predicted molar refractivity (Wildman–Crippen MR) is 53.3 cm³/mol. The molecule has 0 saturated heterocycles. The van der Waals surface area contributed by atoms with E-state index in [-0.39, 0.29) is 5.82 Å². The number of halogens is 1. The minimum Gasteiger partial charge on any atom is -0.319 e. The zero-order valence-electron chi connectivity index (χ0n) is 7.98. The maximum Gasteiger partial charge on any atom is 0.185 e. The first-order valence-electron chi connectivity index (χ1n) is 4.93. The third-order valence-electron chi connectivity index (χ3n) is 2.72. The van der Waals surface area contributed by atoms with E-state index < -0.39 is 0 Å². The molecule has 0 spiro atoms. The molecule has 15 heavy (non-hydrogen) atoms. The van der Waals surface area contributed by atoms with Gasteiger partial charge in [0.2, 0.25) is 0 Å². The lowest BCUT2D eigenvalue weighted by Gasteiger charge is -2.02. The van der Waals surface area contributed by atoms with Gasteiger partial charge in [-0.05, 0) is 25.0 Å². The SMILES string of the molecule is O=Cc1nc2c(F)cccc2n1C1CC1. The summed E-state index contributed by atoms with van der Waals surface area (Å²) >= 11 is 0. The minimum absolute atomic E-state index is 0.298. The van der Waals surface area contributed by atoms with Crippen LogP contribution in [0.25, 0.3) is 11.0 Å². The average Bonchev–Trinajstić information content (AvgIpc) is 3.00. The summed E-state index contributed by atoms with van der Waals surface area (Å²) in [5.74, 6) is -0.0346. The summed E-state index contributed by atoms with van der Waals surface area (Å²) in [5, 5.41) is 0. The molecule has 1 saturated carbocycles. The van der Waals surface area contributed by atoms with Crippen LogP contribution in [0.1, 0.15) is 29.5 Å². The molecule has 3 rings (SSSR count). The number of para-hydroxylation sites is 1. The van der Waals surface area contributed by atoms with Gasteiger partial charge in [0.15, 0.2) is 17.9 Å². The number of nitrogens with zero attached hydrogens (tertiary/aromatic N) is 2. The molecular formula is C11H9FN2O. The predicted octanol–water partition coefficient (Wildman–Crippen LogP) is 2.32. The van der Waals surface area contributed by atoms with Crippen molar-refractivity contribution in [2.75, 3.05) is 0 Å². The summed E-state index contributed by atoms with van der Waals surface area (Å²) in [6.07, 6.45) is 2.78. The lowest BCUT2D eigenvalue weighted by Crippen LogP contribution is -1.99. The topological polar surface area (TPSA) is 34.9 Å². The van der Waals surface area contributed by atoms with Crippen LogP contribution < -0.4 is 0 Å². The van der Waals surface area contributed by atoms with Crippen LogP contribution >= 0.6 is 0 Å². The monoisotopic (exact) mass is 204 g/mol. The Kier molecular flexibility index (Phi) is 1.65. The van der Waals surface area contributed by atoms with Gasteiger partial charge >= 0.3 is 0 Å². The maximum atomic E-state index is 13.4. The normalized spacial score (nSPS) is 15.8. The summed E-state index contributed by atoms with van der Waals surface area (Å²) in [4.78, 5) is 14.8. The lowest BCUT2D eigenvalue weighted by molar-refractivity contribution is 0.111. The fraction of sp³-hybridized carbons (Fsp3) is 0.273. The van der Waals surface area contributed by atoms with E-state index in [4.69, 9.17) is 0 Å². The molecule has 1 aliphatic carbocycles. The number of hydrogen-bond acceptors (Lipinski definition) is 2. The molecule has 1 aliphatic rings. The van der Waals surface area contributed by atoms with E-state index in [0.717, 1.165) is 18.4 Å². The fourth-order valence-corrected chi connectivity index (χ4v) is 1.90. The first-order valence-corrected chi connectivity index (χ1v) is 4.93. The van der Waals surface area contributed by atoms with E-state index >= 15 is 0 Å². The van der Waals surface area contributed by atoms with Crippen molar-refractivity contribution in [1.82, 2.24) is 9.55 Å². The molecule has 1 aromatic carbocycles. The Labute approximate surface area is 85.5 Å². The van der Waals surface area contributed by atoms with Crippen molar-refractivity contribution >= 4 is 17.3 Å². The van der Waals surface area contributed by atoms with Crippen molar-refractivity contribution in [3.8, 4) is 0 Å². The number of aldehydes is 1. The van der Waals surface area contributed by atoms with Crippen molar-refractivity contribution in [1.29, 1.82) is 0 Å². The van der Waals surface area contributed by atoms with Crippen LogP contribution in [0.5, 0.6) is 0 Å². The second-order valence-corrected chi connectivity index (χ2v) is 3.80. The van der Waals surface area contributed by atoms with Gasteiger partial charge in [-0.1, -0.05) is 6.07 Å². The Balaban J connectivity index is 2.38. The molecule has 76 valence electrons. The van der Waals surface area contributed by atoms with Gasteiger partial charge in [-0.15, -0.1) is 0 Å². The molecule has 0 N–H and O–H groups in total. The number of imidazole rings is 1. The quantitative estimate of drug-likeness (QED) is 0.703. The summed E-state index contributed by atoms with van der Waals surface area (Å²) in [5.41, 5.74) is 1.02.